The van der Waals surface area contributed by atoms with Crippen molar-refractivity contribution in [3.05, 3.63) is 182 Å². The molecule has 0 amide bonds. The highest BCUT2D eigenvalue weighted by molar-refractivity contribution is 5.71. The van der Waals surface area contributed by atoms with E-state index in [0.717, 1.165) is 70.6 Å². The van der Waals surface area contributed by atoms with Crippen LogP contribution in [0.3, 0.4) is 0 Å². The number of unbranched alkanes of at least 4 members (excludes halogenated alkanes) is 1. The van der Waals surface area contributed by atoms with Crippen molar-refractivity contribution in [2.45, 2.75) is 142 Å². The summed E-state index contributed by atoms with van der Waals surface area (Å²) in [6.07, 6.45) is 74.8. The molecule has 0 radical (unpaired) electrons. The molecule has 0 aliphatic rings. The van der Waals surface area contributed by atoms with Gasteiger partial charge in [0, 0.05) is 19.3 Å². The molecule has 0 aromatic rings. The molecule has 344 valence electrons. The summed E-state index contributed by atoms with van der Waals surface area (Å²) in [5, 5.41) is 0. The Morgan fingerprint density at radius 1 is 0.333 bits per heavy atom. The SMILES string of the molecule is CC\C=C/C=C\C=C/C=C\C=C/CCCC(=O)OCC(COC(=O)CC/C=C\C/C=C\C/C=C\C/C=C\C/C=C\CC)OC(=O)CC/C=C\C/C=C\C/C=C\C/C=C\C/C=C\CC. The highest BCUT2D eigenvalue weighted by Crippen LogP contribution is 2.07. The van der Waals surface area contributed by atoms with Crippen molar-refractivity contribution in [1.29, 1.82) is 0 Å². The van der Waals surface area contributed by atoms with E-state index in [0.29, 0.717) is 25.7 Å². The summed E-state index contributed by atoms with van der Waals surface area (Å²) in [6.45, 7) is 6.01. The van der Waals surface area contributed by atoms with Crippen LogP contribution in [0.15, 0.2) is 182 Å². The van der Waals surface area contributed by atoms with Gasteiger partial charge in [0.25, 0.3) is 0 Å². The van der Waals surface area contributed by atoms with Crippen molar-refractivity contribution in [1.82, 2.24) is 0 Å². The number of esters is 3. The van der Waals surface area contributed by atoms with Crippen LogP contribution in [0.5, 0.6) is 0 Å². The molecule has 0 fully saturated rings. The van der Waals surface area contributed by atoms with Gasteiger partial charge in [-0.1, -0.05) is 203 Å². The fourth-order valence-corrected chi connectivity index (χ4v) is 5.16. The van der Waals surface area contributed by atoms with Crippen LogP contribution in [0.25, 0.3) is 0 Å². The maximum atomic E-state index is 12.7. The molecule has 0 aromatic heterocycles. The second-order valence-electron chi connectivity index (χ2n) is 14.3. The molecule has 0 aliphatic carbocycles. The topological polar surface area (TPSA) is 78.9 Å². The molecule has 6 nitrogen and oxygen atoms in total. The standard InChI is InChI=1S/C57H80O6/c1-4-7-10-13-16-19-22-25-27-29-32-35-38-41-44-47-50-56(59)62-53-54(52-61-55(58)49-46-43-40-37-34-31-24-21-18-15-12-9-6-3)63-57(60)51-48-45-42-39-36-33-30-28-26-23-20-17-14-11-8-5-2/h7-12,15-21,24-28,31-37,40-42,44-45,54H,4-6,13-14,22-23,29-30,38-39,43,46-53H2,1-3H3/b10-7-,11-8-,12-9-,18-15-,19-16-,20-17-,24-21-,27-25-,28-26-,34-31-,35-32-,36-33-,40-37-,44-41-,45-42-. The second-order valence-corrected chi connectivity index (χ2v) is 14.3. The highest BCUT2D eigenvalue weighted by atomic mass is 16.6. The minimum atomic E-state index is -0.886. The first-order valence-electron chi connectivity index (χ1n) is 23.4. The summed E-state index contributed by atoms with van der Waals surface area (Å²) < 4.78 is 16.5. The molecule has 0 spiro atoms. The molecule has 0 rings (SSSR count). The third kappa shape index (κ3) is 47.4. The summed E-state index contributed by atoms with van der Waals surface area (Å²) in [5.41, 5.74) is 0. The molecule has 6 heteroatoms. The number of ether oxygens (including phenoxy) is 3. The molecule has 0 heterocycles. The van der Waals surface area contributed by atoms with Crippen molar-refractivity contribution in [2.75, 3.05) is 13.2 Å². The lowest BCUT2D eigenvalue weighted by atomic mass is 10.2. The minimum Gasteiger partial charge on any atom is -0.462 e. The van der Waals surface area contributed by atoms with Crippen LogP contribution in [0, 0.1) is 0 Å². The van der Waals surface area contributed by atoms with Gasteiger partial charge in [0.15, 0.2) is 6.10 Å². The van der Waals surface area contributed by atoms with E-state index in [1.165, 1.54) is 0 Å². The van der Waals surface area contributed by atoms with Gasteiger partial charge < -0.3 is 14.2 Å². The van der Waals surface area contributed by atoms with Gasteiger partial charge in [-0.05, 0) is 96.3 Å². The molecule has 0 aliphatic heterocycles. The van der Waals surface area contributed by atoms with Crippen molar-refractivity contribution in [3.8, 4) is 0 Å². The Morgan fingerprint density at radius 3 is 1.05 bits per heavy atom. The lowest BCUT2D eigenvalue weighted by Crippen LogP contribution is -2.30. The zero-order valence-electron chi connectivity index (χ0n) is 39.0. The van der Waals surface area contributed by atoms with Crippen molar-refractivity contribution in [2.24, 2.45) is 0 Å². The molecule has 0 saturated heterocycles. The Labute approximate surface area is 383 Å². The predicted molar refractivity (Wildman–Crippen MR) is 269 cm³/mol. The fourth-order valence-electron chi connectivity index (χ4n) is 5.16. The van der Waals surface area contributed by atoms with Gasteiger partial charge >= 0.3 is 17.9 Å². The first-order valence-corrected chi connectivity index (χ1v) is 23.4. The van der Waals surface area contributed by atoms with Crippen LogP contribution in [0.4, 0.5) is 0 Å². The lowest BCUT2D eigenvalue weighted by Gasteiger charge is -2.18. The largest absolute Gasteiger partial charge is 0.462 e. The highest BCUT2D eigenvalue weighted by Gasteiger charge is 2.19. The Kier molecular flexibility index (Phi) is 44.9. The third-order valence-corrected chi connectivity index (χ3v) is 8.54. The summed E-state index contributed by atoms with van der Waals surface area (Å²) >= 11 is 0. The summed E-state index contributed by atoms with van der Waals surface area (Å²) in [6, 6.07) is 0. The molecular formula is C57H80O6. The smallest absolute Gasteiger partial charge is 0.306 e. The number of carbonyl (C=O) groups excluding carboxylic acids is 3. The number of allylic oxidation sites excluding steroid dienone is 30. The Balaban J connectivity index is 4.77. The van der Waals surface area contributed by atoms with E-state index in [1.54, 1.807) is 0 Å². The third-order valence-electron chi connectivity index (χ3n) is 8.54. The quantitative estimate of drug-likeness (QED) is 0.0202. The lowest BCUT2D eigenvalue weighted by molar-refractivity contribution is -0.166. The fraction of sp³-hybridized carbons (Fsp3) is 0.421. The molecule has 0 saturated carbocycles. The molecule has 0 bridgehead atoms. The molecule has 1 unspecified atom stereocenters. The van der Waals surface area contributed by atoms with E-state index < -0.39 is 24.0 Å². The minimum absolute atomic E-state index is 0.163. The van der Waals surface area contributed by atoms with E-state index >= 15 is 0 Å². The van der Waals surface area contributed by atoms with E-state index in [9.17, 15) is 14.4 Å². The first-order chi connectivity index (χ1) is 31.0. The summed E-state index contributed by atoms with van der Waals surface area (Å²) in [4.78, 5) is 37.8. The maximum Gasteiger partial charge on any atom is 0.306 e. The molecule has 1 atom stereocenters. The van der Waals surface area contributed by atoms with E-state index in [-0.39, 0.29) is 32.5 Å². The van der Waals surface area contributed by atoms with E-state index in [1.807, 2.05) is 79.0 Å². The maximum absolute atomic E-state index is 12.7. The van der Waals surface area contributed by atoms with Gasteiger partial charge in [-0.25, -0.2) is 0 Å². The van der Waals surface area contributed by atoms with Crippen LogP contribution in [0.1, 0.15) is 136 Å². The normalized spacial score (nSPS) is 13.8. The van der Waals surface area contributed by atoms with Gasteiger partial charge in [0.1, 0.15) is 13.2 Å². The predicted octanol–water partition coefficient (Wildman–Crippen LogP) is 15.4. The van der Waals surface area contributed by atoms with Crippen LogP contribution in [0.2, 0.25) is 0 Å². The summed E-state index contributed by atoms with van der Waals surface area (Å²) in [7, 11) is 0. The van der Waals surface area contributed by atoms with E-state index in [2.05, 4.69) is 124 Å². The molecule has 0 aromatic carbocycles. The van der Waals surface area contributed by atoms with Crippen LogP contribution >= 0.6 is 0 Å². The van der Waals surface area contributed by atoms with Crippen LogP contribution < -0.4 is 0 Å². The number of rotatable bonds is 38. The Bertz CT molecular complexity index is 1600. The van der Waals surface area contributed by atoms with Crippen molar-refractivity contribution >= 4 is 17.9 Å². The molecule has 0 N–H and O–H groups in total. The van der Waals surface area contributed by atoms with Gasteiger partial charge in [-0.2, -0.15) is 0 Å². The number of hydrogen-bond acceptors (Lipinski definition) is 6. The summed E-state index contributed by atoms with van der Waals surface area (Å²) in [5.74, 6) is -1.24. The van der Waals surface area contributed by atoms with Crippen LogP contribution in [-0.4, -0.2) is 37.2 Å². The van der Waals surface area contributed by atoms with E-state index in [4.69, 9.17) is 14.2 Å². The second kappa shape index (κ2) is 49.2. The zero-order chi connectivity index (χ0) is 45.8. The monoisotopic (exact) mass is 861 g/mol. The molecular weight excluding hydrogens is 781 g/mol. The van der Waals surface area contributed by atoms with Crippen molar-refractivity contribution in [3.63, 3.8) is 0 Å². The number of carbonyl (C=O) groups is 3. The molecule has 63 heavy (non-hydrogen) atoms. The van der Waals surface area contributed by atoms with Gasteiger partial charge in [0.2, 0.25) is 0 Å². The van der Waals surface area contributed by atoms with Gasteiger partial charge in [-0.15, -0.1) is 0 Å². The van der Waals surface area contributed by atoms with Crippen LogP contribution in [-0.2, 0) is 28.6 Å². The van der Waals surface area contributed by atoms with Gasteiger partial charge in [-0.3, -0.25) is 14.4 Å². The Morgan fingerprint density at radius 2 is 0.651 bits per heavy atom. The zero-order valence-corrected chi connectivity index (χ0v) is 39.0. The average molecular weight is 861 g/mol. The van der Waals surface area contributed by atoms with Crippen molar-refractivity contribution < 1.29 is 28.6 Å². The average Bonchev–Trinajstić information content (AvgIpc) is 3.28. The first kappa shape index (κ1) is 57.5. The number of hydrogen-bond donors (Lipinski definition) is 0. The van der Waals surface area contributed by atoms with Gasteiger partial charge in [0.05, 0.1) is 0 Å². The Hall–Kier alpha value is -5.49.